The summed E-state index contributed by atoms with van der Waals surface area (Å²) in [4.78, 5) is 18.5. The lowest BCUT2D eigenvalue weighted by molar-refractivity contribution is -0.0251. The Labute approximate surface area is 149 Å². The van der Waals surface area contributed by atoms with Crippen LogP contribution in [0.5, 0.6) is 0 Å². The number of hydrogen-bond donors (Lipinski definition) is 1. The predicted molar refractivity (Wildman–Crippen MR) is 99.1 cm³/mol. The molecule has 1 amide bonds. The molecule has 25 heavy (non-hydrogen) atoms. The molecule has 2 aromatic rings. The normalized spacial score (nSPS) is 21.7. The van der Waals surface area contributed by atoms with E-state index >= 15 is 0 Å². The van der Waals surface area contributed by atoms with Crippen LogP contribution in [0.15, 0.2) is 18.5 Å². The molecular weight excluding hydrogens is 314 g/mol. The molecule has 0 radical (unpaired) electrons. The van der Waals surface area contributed by atoms with Crippen LogP contribution in [0.25, 0.3) is 5.65 Å². The first-order valence-electron chi connectivity index (χ1n) is 9.09. The fourth-order valence-corrected chi connectivity index (χ4v) is 4.43. The quantitative estimate of drug-likeness (QED) is 0.877. The Morgan fingerprint density at radius 3 is 2.64 bits per heavy atom. The number of likely N-dealkylation sites (tertiary alicyclic amines) is 1. The molecule has 5 nitrogen and oxygen atoms in total. The van der Waals surface area contributed by atoms with Gasteiger partial charge in [0.15, 0.2) is 0 Å². The SMILES string of the molecule is Cc1cc(C)c2nc(C[C@]3(C(C)(C)C)CCCCN3C(=O)O)cn2c1. The third kappa shape index (κ3) is 3.00. The van der Waals surface area contributed by atoms with E-state index in [2.05, 4.69) is 57.5 Å². The Hall–Kier alpha value is -2.04. The Balaban J connectivity index is 2.07. The molecule has 0 aromatic carbocycles. The number of fused-ring (bicyclic) bond motifs is 1. The number of imidazole rings is 1. The summed E-state index contributed by atoms with van der Waals surface area (Å²) in [5, 5.41) is 9.84. The van der Waals surface area contributed by atoms with E-state index in [1.165, 1.54) is 5.56 Å². The van der Waals surface area contributed by atoms with E-state index in [4.69, 9.17) is 4.98 Å². The van der Waals surface area contributed by atoms with Crippen molar-refractivity contribution in [1.82, 2.24) is 14.3 Å². The zero-order valence-corrected chi connectivity index (χ0v) is 16.0. The van der Waals surface area contributed by atoms with Gasteiger partial charge in [-0.2, -0.15) is 0 Å². The molecule has 2 aromatic heterocycles. The fourth-order valence-electron chi connectivity index (χ4n) is 4.43. The number of pyridine rings is 1. The van der Waals surface area contributed by atoms with Gasteiger partial charge in [0.25, 0.3) is 0 Å². The van der Waals surface area contributed by atoms with E-state index in [1.807, 2.05) is 0 Å². The molecule has 0 spiro atoms. The zero-order chi connectivity index (χ0) is 18.4. The number of piperidine rings is 1. The highest BCUT2D eigenvalue weighted by Gasteiger charge is 2.50. The molecule has 3 heterocycles. The topological polar surface area (TPSA) is 57.8 Å². The number of aromatic nitrogens is 2. The highest BCUT2D eigenvalue weighted by Crippen LogP contribution is 2.45. The lowest BCUT2D eigenvalue weighted by Gasteiger charge is -2.53. The summed E-state index contributed by atoms with van der Waals surface area (Å²) >= 11 is 0. The molecule has 5 heteroatoms. The summed E-state index contributed by atoms with van der Waals surface area (Å²) in [5.41, 5.74) is 3.70. The maximum atomic E-state index is 12.0. The molecule has 136 valence electrons. The lowest BCUT2D eigenvalue weighted by atomic mass is 9.65. The second-order valence-electron chi connectivity index (χ2n) is 8.51. The van der Waals surface area contributed by atoms with Gasteiger partial charge in [-0.05, 0) is 49.7 Å². The second kappa shape index (κ2) is 6.04. The average Bonchev–Trinajstić information content (AvgIpc) is 2.88. The first kappa shape index (κ1) is 17.8. The molecule has 0 saturated carbocycles. The summed E-state index contributed by atoms with van der Waals surface area (Å²) in [6.07, 6.45) is 6.87. The Morgan fingerprint density at radius 1 is 1.28 bits per heavy atom. The number of rotatable bonds is 2. The van der Waals surface area contributed by atoms with Gasteiger partial charge in [0, 0.05) is 25.4 Å². The first-order valence-corrected chi connectivity index (χ1v) is 9.09. The molecule has 0 unspecified atom stereocenters. The van der Waals surface area contributed by atoms with Crippen molar-refractivity contribution in [3.05, 3.63) is 35.3 Å². The zero-order valence-electron chi connectivity index (χ0n) is 16.0. The summed E-state index contributed by atoms with van der Waals surface area (Å²) in [7, 11) is 0. The molecule has 1 N–H and O–H groups in total. The van der Waals surface area contributed by atoms with Crippen LogP contribution >= 0.6 is 0 Å². The molecular formula is C20H29N3O2. The minimum Gasteiger partial charge on any atom is -0.465 e. The first-order chi connectivity index (χ1) is 11.6. The number of carbonyl (C=O) groups is 1. The predicted octanol–water partition coefficient (Wildman–Crippen LogP) is 4.44. The van der Waals surface area contributed by atoms with Crippen LogP contribution in [0.1, 0.15) is 56.9 Å². The maximum Gasteiger partial charge on any atom is 0.407 e. The molecule has 1 saturated heterocycles. The van der Waals surface area contributed by atoms with Gasteiger partial charge in [0.2, 0.25) is 0 Å². The van der Waals surface area contributed by atoms with Gasteiger partial charge in [0.1, 0.15) is 5.65 Å². The van der Waals surface area contributed by atoms with E-state index < -0.39 is 11.6 Å². The van der Waals surface area contributed by atoms with E-state index in [0.717, 1.165) is 36.2 Å². The standard InChI is InChI=1S/C20H29N3O2/c1-14-10-15(2)17-21-16(13-22(17)12-14)11-20(19(3,4)5)8-6-7-9-23(20)18(24)25/h10,12-13H,6-9,11H2,1-5H3,(H,24,25)/t20-/m0/s1. The van der Waals surface area contributed by atoms with Crippen molar-refractivity contribution >= 4 is 11.7 Å². The van der Waals surface area contributed by atoms with Crippen molar-refractivity contribution < 1.29 is 9.90 Å². The minimum absolute atomic E-state index is 0.160. The van der Waals surface area contributed by atoms with Gasteiger partial charge in [-0.1, -0.05) is 26.8 Å². The smallest absolute Gasteiger partial charge is 0.407 e. The van der Waals surface area contributed by atoms with Crippen molar-refractivity contribution in [3.63, 3.8) is 0 Å². The summed E-state index contributed by atoms with van der Waals surface area (Å²) in [5.74, 6) is 0. The Kier molecular flexibility index (Phi) is 4.30. The van der Waals surface area contributed by atoms with Crippen LogP contribution in [-0.4, -0.2) is 37.6 Å². The van der Waals surface area contributed by atoms with Crippen LogP contribution in [0.4, 0.5) is 4.79 Å². The van der Waals surface area contributed by atoms with E-state index in [1.54, 1.807) is 4.90 Å². The van der Waals surface area contributed by atoms with Crippen LogP contribution < -0.4 is 0 Å². The van der Waals surface area contributed by atoms with E-state index in [9.17, 15) is 9.90 Å². The minimum atomic E-state index is -0.814. The molecule has 0 bridgehead atoms. The molecule has 1 fully saturated rings. The third-order valence-electron chi connectivity index (χ3n) is 5.76. The van der Waals surface area contributed by atoms with Crippen molar-refractivity contribution in [2.75, 3.05) is 6.54 Å². The summed E-state index contributed by atoms with van der Waals surface area (Å²) in [6, 6.07) is 2.13. The maximum absolute atomic E-state index is 12.0. The molecule has 1 aliphatic heterocycles. The van der Waals surface area contributed by atoms with Gasteiger partial charge in [-0.3, -0.25) is 0 Å². The largest absolute Gasteiger partial charge is 0.465 e. The van der Waals surface area contributed by atoms with Crippen molar-refractivity contribution in [2.24, 2.45) is 5.41 Å². The fraction of sp³-hybridized carbons (Fsp3) is 0.600. The summed E-state index contributed by atoms with van der Waals surface area (Å²) < 4.78 is 2.07. The van der Waals surface area contributed by atoms with Gasteiger partial charge >= 0.3 is 6.09 Å². The van der Waals surface area contributed by atoms with Gasteiger partial charge in [-0.25, -0.2) is 9.78 Å². The highest BCUT2D eigenvalue weighted by atomic mass is 16.4. The Morgan fingerprint density at radius 2 is 2.00 bits per heavy atom. The number of carboxylic acid groups (broad SMARTS) is 1. The third-order valence-corrected chi connectivity index (χ3v) is 5.76. The van der Waals surface area contributed by atoms with Crippen molar-refractivity contribution in [3.8, 4) is 0 Å². The monoisotopic (exact) mass is 343 g/mol. The summed E-state index contributed by atoms with van der Waals surface area (Å²) in [6.45, 7) is 11.2. The highest BCUT2D eigenvalue weighted by molar-refractivity contribution is 5.66. The van der Waals surface area contributed by atoms with Gasteiger partial charge < -0.3 is 14.4 Å². The van der Waals surface area contributed by atoms with Crippen molar-refractivity contribution in [2.45, 2.75) is 65.8 Å². The number of hydrogen-bond acceptors (Lipinski definition) is 2. The number of nitrogens with zero attached hydrogens (tertiary/aromatic N) is 3. The van der Waals surface area contributed by atoms with Crippen LogP contribution in [0.2, 0.25) is 0 Å². The van der Waals surface area contributed by atoms with Crippen molar-refractivity contribution in [1.29, 1.82) is 0 Å². The number of aryl methyl sites for hydroxylation is 2. The van der Waals surface area contributed by atoms with E-state index in [0.29, 0.717) is 13.0 Å². The second-order valence-corrected chi connectivity index (χ2v) is 8.51. The Bertz CT molecular complexity index is 803. The van der Waals surface area contributed by atoms with Crippen LogP contribution in [0.3, 0.4) is 0 Å². The van der Waals surface area contributed by atoms with Crippen LogP contribution in [0, 0.1) is 19.3 Å². The van der Waals surface area contributed by atoms with Gasteiger partial charge in [-0.15, -0.1) is 0 Å². The number of amides is 1. The average molecular weight is 343 g/mol. The molecule has 1 aliphatic rings. The van der Waals surface area contributed by atoms with Gasteiger partial charge in [0.05, 0.1) is 11.2 Å². The molecule has 0 aliphatic carbocycles. The van der Waals surface area contributed by atoms with E-state index in [-0.39, 0.29) is 5.41 Å². The molecule has 1 atom stereocenters. The lowest BCUT2D eigenvalue weighted by Crippen LogP contribution is -2.62. The van der Waals surface area contributed by atoms with Crippen LogP contribution in [-0.2, 0) is 6.42 Å². The molecule has 3 rings (SSSR count).